The molecule has 0 atom stereocenters. The van der Waals surface area contributed by atoms with E-state index in [0.717, 1.165) is 11.6 Å². The van der Waals surface area contributed by atoms with Gasteiger partial charge in [0, 0.05) is 16.9 Å². The van der Waals surface area contributed by atoms with Gasteiger partial charge < -0.3 is 10.1 Å². The fourth-order valence-electron chi connectivity index (χ4n) is 3.18. The number of anilines is 1. The zero-order chi connectivity index (χ0) is 24.2. The van der Waals surface area contributed by atoms with Gasteiger partial charge in [0.1, 0.15) is 28.6 Å². The van der Waals surface area contributed by atoms with Crippen molar-refractivity contribution in [2.75, 3.05) is 5.32 Å². The highest BCUT2D eigenvalue weighted by Crippen LogP contribution is 2.30. The van der Waals surface area contributed by atoms with Crippen molar-refractivity contribution < 1.29 is 9.53 Å². The molecule has 0 saturated carbocycles. The third kappa shape index (κ3) is 4.79. The number of hydrogen-bond acceptors (Lipinski definition) is 5. The Hall–Kier alpha value is -4.12. The number of nitriles is 1. The smallest absolute Gasteiger partial charge is 0.269 e. The molecule has 2 aromatic carbocycles. The van der Waals surface area contributed by atoms with Gasteiger partial charge in [0.15, 0.2) is 0 Å². The maximum Gasteiger partial charge on any atom is 0.269 e. The fourth-order valence-corrected chi connectivity index (χ4v) is 3.55. The number of halogens is 2. The lowest BCUT2D eigenvalue weighted by Crippen LogP contribution is -2.20. The van der Waals surface area contributed by atoms with E-state index >= 15 is 0 Å². The maximum atomic E-state index is 13.4. The van der Waals surface area contributed by atoms with E-state index in [1.807, 2.05) is 6.07 Å². The van der Waals surface area contributed by atoms with E-state index in [-0.39, 0.29) is 22.8 Å². The molecule has 34 heavy (non-hydrogen) atoms. The predicted molar refractivity (Wildman–Crippen MR) is 131 cm³/mol. The Bertz CT molecular complexity index is 1550. The molecule has 168 valence electrons. The van der Waals surface area contributed by atoms with Crippen molar-refractivity contribution in [3.8, 4) is 17.7 Å². The van der Waals surface area contributed by atoms with Crippen LogP contribution in [-0.2, 0) is 4.79 Å². The number of aromatic nitrogens is 2. The minimum absolute atomic E-state index is 0.0826. The molecule has 7 nitrogen and oxygen atoms in total. The molecular weight excluding hydrogens is 475 g/mol. The lowest BCUT2D eigenvalue weighted by molar-refractivity contribution is -0.112. The summed E-state index contributed by atoms with van der Waals surface area (Å²) in [6.07, 6.45) is 2.70. The number of benzene rings is 2. The molecule has 1 N–H and O–H groups in total. The molecule has 1 amide bonds. The van der Waals surface area contributed by atoms with Crippen LogP contribution in [0, 0.1) is 18.3 Å². The highest BCUT2D eigenvalue weighted by molar-refractivity contribution is 6.32. The molecule has 2 aromatic heterocycles. The van der Waals surface area contributed by atoms with Crippen LogP contribution < -0.4 is 15.6 Å². The molecule has 0 saturated heterocycles. The molecule has 0 radical (unpaired) electrons. The summed E-state index contributed by atoms with van der Waals surface area (Å²) in [5, 5.41) is 13.0. The molecule has 0 aliphatic carbocycles. The molecular formula is C25H16Cl2N4O3. The van der Waals surface area contributed by atoms with Gasteiger partial charge in [-0.2, -0.15) is 10.2 Å². The summed E-state index contributed by atoms with van der Waals surface area (Å²) in [7, 11) is 0. The summed E-state index contributed by atoms with van der Waals surface area (Å²) >= 11 is 12.2. The van der Waals surface area contributed by atoms with Crippen LogP contribution >= 0.6 is 23.2 Å². The number of aryl methyl sites for hydroxylation is 1. The maximum absolute atomic E-state index is 13.4. The van der Waals surface area contributed by atoms with Crippen molar-refractivity contribution in [3.63, 3.8) is 0 Å². The number of rotatable bonds is 5. The first kappa shape index (κ1) is 23.1. The summed E-state index contributed by atoms with van der Waals surface area (Å²) in [4.78, 5) is 30.6. The number of nitrogens with one attached hydrogen (secondary N) is 1. The molecule has 0 spiro atoms. The Balaban J connectivity index is 1.85. The van der Waals surface area contributed by atoms with E-state index in [9.17, 15) is 14.9 Å². The minimum atomic E-state index is -0.720. The molecule has 0 aliphatic heterocycles. The number of nitrogens with zero attached hydrogens (tertiary/aromatic N) is 3. The minimum Gasteiger partial charge on any atom is -0.437 e. The van der Waals surface area contributed by atoms with Gasteiger partial charge in [-0.1, -0.05) is 47.5 Å². The van der Waals surface area contributed by atoms with Crippen LogP contribution in [0.25, 0.3) is 11.7 Å². The average Bonchev–Trinajstić information content (AvgIpc) is 2.81. The number of fused-ring (bicyclic) bond motifs is 1. The number of ether oxygens (including phenoxy) is 1. The SMILES string of the molecule is Cc1cccn2c(=O)c(/C=C(/C#N)C(=O)Nc3cccc(Cl)c3)c(Oc3ccccc3Cl)nc12. The fraction of sp³-hybridized carbons (Fsp3) is 0.0400. The van der Waals surface area contributed by atoms with Crippen LogP contribution in [0.15, 0.2) is 77.2 Å². The molecule has 9 heteroatoms. The Labute approximate surface area is 204 Å². The van der Waals surface area contributed by atoms with Crippen molar-refractivity contribution in [3.05, 3.63) is 104 Å². The second-order valence-electron chi connectivity index (χ2n) is 7.19. The second kappa shape index (κ2) is 9.79. The Morgan fingerprint density at radius 3 is 2.68 bits per heavy atom. The van der Waals surface area contributed by atoms with Gasteiger partial charge in [-0.05, 0) is 55.0 Å². The van der Waals surface area contributed by atoms with E-state index < -0.39 is 11.5 Å². The molecule has 4 rings (SSSR count). The average molecular weight is 491 g/mol. The van der Waals surface area contributed by atoms with Gasteiger partial charge in [-0.3, -0.25) is 14.0 Å². The normalized spacial score (nSPS) is 11.2. The number of carbonyl (C=O) groups is 1. The largest absolute Gasteiger partial charge is 0.437 e. The van der Waals surface area contributed by atoms with Crippen molar-refractivity contribution in [2.24, 2.45) is 0 Å². The Morgan fingerprint density at radius 1 is 1.15 bits per heavy atom. The molecule has 0 unspecified atom stereocenters. The zero-order valence-electron chi connectivity index (χ0n) is 17.8. The van der Waals surface area contributed by atoms with Crippen molar-refractivity contribution >= 4 is 46.5 Å². The first-order valence-electron chi connectivity index (χ1n) is 10.0. The lowest BCUT2D eigenvalue weighted by Gasteiger charge is -2.12. The monoisotopic (exact) mass is 490 g/mol. The van der Waals surface area contributed by atoms with Crippen LogP contribution in [0.2, 0.25) is 10.0 Å². The van der Waals surface area contributed by atoms with Gasteiger partial charge in [-0.25, -0.2) is 0 Å². The van der Waals surface area contributed by atoms with Crippen LogP contribution in [0.5, 0.6) is 11.6 Å². The summed E-state index contributed by atoms with van der Waals surface area (Å²) in [6.45, 7) is 1.80. The highest BCUT2D eigenvalue weighted by atomic mass is 35.5. The summed E-state index contributed by atoms with van der Waals surface area (Å²) in [6, 6.07) is 18.5. The first-order chi connectivity index (χ1) is 16.4. The predicted octanol–water partition coefficient (Wildman–Crippen LogP) is 5.65. The molecule has 0 aliphatic rings. The highest BCUT2D eigenvalue weighted by Gasteiger charge is 2.19. The molecule has 0 fully saturated rings. The third-order valence-electron chi connectivity index (χ3n) is 4.83. The van der Waals surface area contributed by atoms with Crippen LogP contribution in [-0.4, -0.2) is 15.3 Å². The number of carbonyl (C=O) groups excluding carboxylic acids is 1. The van der Waals surface area contributed by atoms with Crippen molar-refractivity contribution in [1.29, 1.82) is 5.26 Å². The topological polar surface area (TPSA) is 96.5 Å². The molecule has 0 bridgehead atoms. The second-order valence-corrected chi connectivity index (χ2v) is 8.03. The summed E-state index contributed by atoms with van der Waals surface area (Å²) in [5.41, 5.74) is 0.581. The van der Waals surface area contributed by atoms with Crippen LogP contribution in [0.3, 0.4) is 0 Å². The Morgan fingerprint density at radius 2 is 1.94 bits per heavy atom. The number of amides is 1. The number of para-hydroxylation sites is 1. The quantitative estimate of drug-likeness (QED) is 0.288. The van der Waals surface area contributed by atoms with Gasteiger partial charge in [0.25, 0.3) is 11.5 Å². The van der Waals surface area contributed by atoms with Crippen molar-refractivity contribution in [2.45, 2.75) is 6.92 Å². The van der Waals surface area contributed by atoms with E-state index in [2.05, 4.69) is 10.3 Å². The molecule has 2 heterocycles. The number of pyridine rings is 1. The Kier molecular flexibility index (Phi) is 6.64. The zero-order valence-corrected chi connectivity index (χ0v) is 19.3. The van der Waals surface area contributed by atoms with Crippen molar-refractivity contribution in [1.82, 2.24) is 9.38 Å². The van der Waals surface area contributed by atoms with Gasteiger partial charge in [0.2, 0.25) is 5.88 Å². The summed E-state index contributed by atoms with van der Waals surface area (Å²) in [5.74, 6) is -0.538. The van der Waals surface area contributed by atoms with Crippen LogP contribution in [0.1, 0.15) is 11.1 Å². The van der Waals surface area contributed by atoms with E-state index in [1.165, 1.54) is 10.5 Å². The standard InChI is InChI=1S/C25H16Cl2N4O3/c1-15-6-5-11-31-22(15)30-24(34-21-10-3-2-9-20(21)27)19(25(31)33)12-16(14-28)23(32)29-18-8-4-7-17(26)13-18/h2-13H,1H3,(H,29,32)/b16-12-. The molecule has 4 aromatic rings. The van der Waals surface area contributed by atoms with E-state index in [1.54, 1.807) is 67.7 Å². The first-order valence-corrected chi connectivity index (χ1v) is 10.8. The van der Waals surface area contributed by atoms with Gasteiger partial charge in [-0.15, -0.1) is 0 Å². The van der Waals surface area contributed by atoms with E-state index in [4.69, 9.17) is 27.9 Å². The van der Waals surface area contributed by atoms with Crippen LogP contribution in [0.4, 0.5) is 5.69 Å². The summed E-state index contributed by atoms with van der Waals surface area (Å²) < 4.78 is 7.21. The van der Waals surface area contributed by atoms with Gasteiger partial charge in [0.05, 0.1) is 5.02 Å². The lowest BCUT2D eigenvalue weighted by atomic mass is 10.1. The van der Waals surface area contributed by atoms with E-state index in [0.29, 0.717) is 21.4 Å². The number of hydrogen-bond donors (Lipinski definition) is 1. The third-order valence-corrected chi connectivity index (χ3v) is 5.38. The van der Waals surface area contributed by atoms with Gasteiger partial charge >= 0.3 is 0 Å².